The van der Waals surface area contributed by atoms with Crippen LogP contribution in [0.3, 0.4) is 0 Å². The molecule has 3 rings (SSSR count). The summed E-state index contributed by atoms with van der Waals surface area (Å²) in [5.41, 5.74) is 0. The van der Waals surface area contributed by atoms with Crippen LogP contribution in [0.4, 0.5) is 11.6 Å². The van der Waals surface area contributed by atoms with Crippen LogP contribution in [0.2, 0.25) is 0 Å². The van der Waals surface area contributed by atoms with Crippen molar-refractivity contribution in [2.75, 3.05) is 62.7 Å². The number of ether oxygens (including phenoxy) is 1. The lowest BCUT2D eigenvalue weighted by molar-refractivity contribution is 0.0398. The first kappa shape index (κ1) is 14.5. The number of nitrogens with zero attached hydrogens (tertiary/aromatic N) is 4. The van der Waals surface area contributed by atoms with Crippen LogP contribution in [0, 0.1) is 6.92 Å². The number of nitrogens with one attached hydrogen (secondary N) is 1. The van der Waals surface area contributed by atoms with Gasteiger partial charge in [-0.3, -0.25) is 4.90 Å². The fraction of sp³-hybridized carbons (Fsp3) is 0.733. The summed E-state index contributed by atoms with van der Waals surface area (Å²) in [6, 6.07) is 2.08. The first-order valence-corrected chi connectivity index (χ1v) is 7.96. The Morgan fingerprint density at radius 3 is 2.67 bits per heavy atom. The van der Waals surface area contributed by atoms with Crippen molar-refractivity contribution >= 4 is 11.6 Å². The van der Waals surface area contributed by atoms with Crippen LogP contribution >= 0.6 is 0 Å². The van der Waals surface area contributed by atoms with Gasteiger partial charge in [0, 0.05) is 45.3 Å². The summed E-state index contributed by atoms with van der Waals surface area (Å²) in [7, 11) is 0. The van der Waals surface area contributed by atoms with Crippen molar-refractivity contribution in [1.82, 2.24) is 14.9 Å². The third-order valence-corrected chi connectivity index (χ3v) is 4.09. The summed E-state index contributed by atoms with van der Waals surface area (Å²) in [5, 5.41) is 3.44. The molecule has 0 bridgehead atoms. The molecule has 0 aliphatic carbocycles. The molecule has 0 radical (unpaired) electrons. The van der Waals surface area contributed by atoms with Crippen LogP contribution in [-0.4, -0.2) is 67.4 Å². The number of hydrogen-bond donors (Lipinski definition) is 1. The van der Waals surface area contributed by atoms with E-state index in [1.54, 1.807) is 0 Å². The third-order valence-electron chi connectivity index (χ3n) is 4.09. The molecule has 1 N–H and O–H groups in total. The Bertz CT molecular complexity index is 455. The first-order chi connectivity index (χ1) is 10.3. The summed E-state index contributed by atoms with van der Waals surface area (Å²) in [6.07, 6.45) is 2.53. The molecule has 21 heavy (non-hydrogen) atoms. The van der Waals surface area contributed by atoms with E-state index in [0.717, 1.165) is 69.9 Å². The van der Waals surface area contributed by atoms with Crippen molar-refractivity contribution in [3.63, 3.8) is 0 Å². The second-order valence-electron chi connectivity index (χ2n) is 5.73. The fourth-order valence-corrected chi connectivity index (χ4v) is 2.92. The van der Waals surface area contributed by atoms with Gasteiger partial charge in [-0.05, 0) is 19.8 Å². The van der Waals surface area contributed by atoms with Gasteiger partial charge in [-0.25, -0.2) is 9.97 Å². The zero-order valence-corrected chi connectivity index (χ0v) is 12.8. The standard InChI is InChI=1S/C15H25N5O/c1-13-17-14(12-15(18-13)20-5-2-3-6-20)16-4-7-19-8-10-21-11-9-19/h12H,2-11H2,1H3,(H,16,17,18). The number of aryl methyl sites for hydroxylation is 1. The van der Waals surface area contributed by atoms with Crippen LogP contribution in [0.5, 0.6) is 0 Å². The monoisotopic (exact) mass is 291 g/mol. The van der Waals surface area contributed by atoms with Crippen molar-refractivity contribution in [2.45, 2.75) is 19.8 Å². The normalized spacial score (nSPS) is 20.0. The van der Waals surface area contributed by atoms with Gasteiger partial charge in [0.15, 0.2) is 0 Å². The summed E-state index contributed by atoms with van der Waals surface area (Å²) < 4.78 is 5.36. The molecule has 0 amide bonds. The van der Waals surface area contributed by atoms with Gasteiger partial charge in [0.1, 0.15) is 17.5 Å². The molecule has 0 unspecified atom stereocenters. The van der Waals surface area contributed by atoms with Crippen LogP contribution < -0.4 is 10.2 Å². The number of rotatable bonds is 5. The zero-order valence-electron chi connectivity index (χ0n) is 12.8. The molecule has 2 saturated heterocycles. The molecule has 0 atom stereocenters. The highest BCUT2D eigenvalue weighted by molar-refractivity contribution is 5.49. The first-order valence-electron chi connectivity index (χ1n) is 7.96. The Morgan fingerprint density at radius 2 is 1.90 bits per heavy atom. The number of hydrogen-bond acceptors (Lipinski definition) is 6. The van der Waals surface area contributed by atoms with Gasteiger partial charge in [-0.15, -0.1) is 0 Å². The largest absolute Gasteiger partial charge is 0.379 e. The minimum absolute atomic E-state index is 0.841. The Labute approximate surface area is 126 Å². The highest BCUT2D eigenvalue weighted by Gasteiger charge is 2.15. The molecule has 0 saturated carbocycles. The van der Waals surface area contributed by atoms with Crippen molar-refractivity contribution < 1.29 is 4.74 Å². The molecule has 0 aromatic carbocycles. The number of morpholine rings is 1. The van der Waals surface area contributed by atoms with E-state index in [9.17, 15) is 0 Å². The summed E-state index contributed by atoms with van der Waals surface area (Å²) >= 11 is 0. The Morgan fingerprint density at radius 1 is 1.14 bits per heavy atom. The predicted molar refractivity (Wildman–Crippen MR) is 84.0 cm³/mol. The molecule has 1 aromatic rings. The molecule has 0 spiro atoms. The maximum atomic E-state index is 5.36. The maximum Gasteiger partial charge on any atom is 0.134 e. The smallest absolute Gasteiger partial charge is 0.134 e. The molecular weight excluding hydrogens is 266 g/mol. The molecule has 1 aromatic heterocycles. The fourth-order valence-electron chi connectivity index (χ4n) is 2.92. The van der Waals surface area contributed by atoms with E-state index in [1.807, 2.05) is 6.92 Å². The number of aromatic nitrogens is 2. The lowest BCUT2D eigenvalue weighted by Crippen LogP contribution is -2.39. The van der Waals surface area contributed by atoms with E-state index in [2.05, 4.69) is 31.2 Å². The molecule has 2 fully saturated rings. The summed E-state index contributed by atoms with van der Waals surface area (Å²) in [6.45, 7) is 9.91. The van der Waals surface area contributed by atoms with E-state index in [1.165, 1.54) is 12.8 Å². The lowest BCUT2D eigenvalue weighted by atomic mass is 10.4. The Kier molecular flexibility index (Phi) is 4.87. The Hall–Kier alpha value is -1.40. The molecule has 2 aliphatic rings. The summed E-state index contributed by atoms with van der Waals surface area (Å²) in [4.78, 5) is 13.8. The minimum atomic E-state index is 0.841. The van der Waals surface area contributed by atoms with Crippen LogP contribution in [0.1, 0.15) is 18.7 Å². The maximum absolute atomic E-state index is 5.36. The average Bonchev–Trinajstić information content (AvgIpc) is 3.02. The van der Waals surface area contributed by atoms with E-state index in [4.69, 9.17) is 4.74 Å². The number of anilines is 2. The van der Waals surface area contributed by atoms with Gasteiger partial charge in [0.05, 0.1) is 13.2 Å². The molecule has 6 nitrogen and oxygen atoms in total. The van der Waals surface area contributed by atoms with E-state index >= 15 is 0 Å². The van der Waals surface area contributed by atoms with Gasteiger partial charge < -0.3 is 15.0 Å². The van der Waals surface area contributed by atoms with Gasteiger partial charge in [0.2, 0.25) is 0 Å². The van der Waals surface area contributed by atoms with Gasteiger partial charge in [0.25, 0.3) is 0 Å². The summed E-state index contributed by atoms with van der Waals surface area (Å²) in [5.74, 6) is 2.85. The van der Waals surface area contributed by atoms with E-state index in [-0.39, 0.29) is 0 Å². The molecule has 2 aliphatic heterocycles. The third kappa shape index (κ3) is 4.04. The molecule has 3 heterocycles. The second kappa shape index (κ2) is 7.04. The van der Waals surface area contributed by atoms with Gasteiger partial charge in [-0.1, -0.05) is 0 Å². The topological polar surface area (TPSA) is 53.5 Å². The van der Waals surface area contributed by atoms with Crippen LogP contribution in [-0.2, 0) is 4.74 Å². The van der Waals surface area contributed by atoms with Gasteiger partial charge >= 0.3 is 0 Å². The molecule has 116 valence electrons. The SMILES string of the molecule is Cc1nc(NCCN2CCOCC2)cc(N2CCCC2)n1. The minimum Gasteiger partial charge on any atom is -0.379 e. The quantitative estimate of drug-likeness (QED) is 0.878. The predicted octanol–water partition coefficient (Wildman–Crippen LogP) is 1.13. The van der Waals surface area contributed by atoms with Crippen molar-refractivity contribution in [3.8, 4) is 0 Å². The zero-order chi connectivity index (χ0) is 14.5. The highest BCUT2D eigenvalue weighted by Crippen LogP contribution is 2.20. The van der Waals surface area contributed by atoms with Crippen molar-refractivity contribution in [2.24, 2.45) is 0 Å². The molecular formula is C15H25N5O. The lowest BCUT2D eigenvalue weighted by Gasteiger charge is -2.26. The molecule has 6 heteroatoms. The van der Waals surface area contributed by atoms with Crippen LogP contribution in [0.15, 0.2) is 6.07 Å². The average molecular weight is 291 g/mol. The Balaban J connectivity index is 1.54. The second-order valence-corrected chi connectivity index (χ2v) is 5.73. The highest BCUT2D eigenvalue weighted by atomic mass is 16.5. The van der Waals surface area contributed by atoms with Crippen molar-refractivity contribution in [3.05, 3.63) is 11.9 Å². The van der Waals surface area contributed by atoms with E-state index in [0.29, 0.717) is 0 Å². The van der Waals surface area contributed by atoms with Crippen LogP contribution in [0.25, 0.3) is 0 Å². The van der Waals surface area contributed by atoms with Gasteiger partial charge in [-0.2, -0.15) is 0 Å². The van der Waals surface area contributed by atoms with Crippen molar-refractivity contribution in [1.29, 1.82) is 0 Å². The van der Waals surface area contributed by atoms with E-state index < -0.39 is 0 Å².